The number of nitrogens with zero attached hydrogens (tertiary/aromatic N) is 2. The average Bonchev–Trinajstić information content (AvgIpc) is 2.89. The van der Waals surface area contributed by atoms with E-state index >= 15 is 0 Å². The molecule has 0 aliphatic heterocycles. The number of amides is 1. The van der Waals surface area contributed by atoms with Crippen molar-refractivity contribution in [1.82, 2.24) is 10.0 Å². The highest BCUT2D eigenvalue weighted by molar-refractivity contribution is 7.18. The van der Waals surface area contributed by atoms with Crippen molar-refractivity contribution < 1.29 is 27.9 Å². The number of alkyl halides is 3. The molecule has 1 N–H and O–H groups in total. The fourth-order valence-electron chi connectivity index (χ4n) is 1.78. The molecule has 2 rings (SSSR count). The summed E-state index contributed by atoms with van der Waals surface area (Å²) in [6.45, 7) is 0. The molecule has 1 atom stereocenters. The summed E-state index contributed by atoms with van der Waals surface area (Å²) in [5, 5.41) is 10.2. The first-order valence-electron chi connectivity index (χ1n) is 6.15. The third-order valence-electron chi connectivity index (χ3n) is 3.15. The molecule has 22 heavy (non-hydrogen) atoms. The van der Waals surface area contributed by atoms with Crippen LogP contribution in [0.5, 0.6) is 0 Å². The van der Waals surface area contributed by atoms with Gasteiger partial charge in [-0.1, -0.05) is 12.1 Å². The Bertz CT molecular complexity index is 655. The average molecular weight is 334 g/mol. The Kier molecular flexibility index (Phi) is 4.41. The highest BCUT2D eigenvalue weighted by atomic mass is 32.1. The van der Waals surface area contributed by atoms with Gasteiger partial charge in [-0.05, 0) is 12.1 Å². The van der Waals surface area contributed by atoms with Crippen LogP contribution in [0.4, 0.5) is 13.2 Å². The van der Waals surface area contributed by atoms with Crippen LogP contribution in [0.2, 0.25) is 0 Å². The van der Waals surface area contributed by atoms with Crippen molar-refractivity contribution >= 4 is 27.5 Å². The summed E-state index contributed by atoms with van der Waals surface area (Å²) in [5.41, 5.74) is -3.03. The Balaban J connectivity index is 2.47. The Morgan fingerprint density at radius 3 is 2.59 bits per heavy atom. The summed E-state index contributed by atoms with van der Waals surface area (Å²) in [6, 6.07) is 6.41. The van der Waals surface area contributed by atoms with Crippen LogP contribution in [-0.2, 0) is 15.2 Å². The van der Waals surface area contributed by atoms with Gasteiger partial charge in [0, 0.05) is 7.05 Å². The third kappa shape index (κ3) is 2.92. The van der Waals surface area contributed by atoms with Gasteiger partial charge in [0.05, 0.1) is 23.7 Å². The molecule has 5 nitrogen and oxygen atoms in total. The van der Waals surface area contributed by atoms with E-state index in [4.69, 9.17) is 0 Å². The van der Waals surface area contributed by atoms with Gasteiger partial charge in [0.2, 0.25) is 11.5 Å². The van der Waals surface area contributed by atoms with Gasteiger partial charge in [-0.25, -0.2) is 10.0 Å². The van der Waals surface area contributed by atoms with Gasteiger partial charge >= 0.3 is 6.18 Å². The van der Waals surface area contributed by atoms with E-state index < -0.39 is 29.1 Å². The van der Waals surface area contributed by atoms with Gasteiger partial charge in [-0.3, -0.25) is 9.63 Å². The van der Waals surface area contributed by atoms with E-state index in [0.717, 1.165) is 14.2 Å². The van der Waals surface area contributed by atoms with Crippen LogP contribution < -0.4 is 0 Å². The molecule has 0 radical (unpaired) electrons. The Morgan fingerprint density at radius 2 is 2.05 bits per heavy atom. The van der Waals surface area contributed by atoms with E-state index in [1.807, 2.05) is 0 Å². The van der Waals surface area contributed by atoms with Gasteiger partial charge in [0.25, 0.3) is 0 Å². The van der Waals surface area contributed by atoms with Crippen LogP contribution in [0.1, 0.15) is 11.4 Å². The number of fused-ring (bicyclic) bond motifs is 1. The van der Waals surface area contributed by atoms with Crippen molar-refractivity contribution in [2.75, 3.05) is 14.2 Å². The van der Waals surface area contributed by atoms with E-state index in [2.05, 4.69) is 9.82 Å². The zero-order valence-corrected chi connectivity index (χ0v) is 12.5. The van der Waals surface area contributed by atoms with E-state index in [-0.39, 0.29) is 0 Å². The van der Waals surface area contributed by atoms with Gasteiger partial charge in [0.1, 0.15) is 5.01 Å². The van der Waals surface area contributed by atoms with Crippen molar-refractivity contribution in [3.05, 3.63) is 29.3 Å². The zero-order chi connectivity index (χ0) is 16.5. The maximum atomic E-state index is 13.4. The quantitative estimate of drug-likeness (QED) is 0.873. The molecule has 0 saturated heterocycles. The standard InChI is InChI=1S/C13H13F3N2O3S/c1-18(21-2)10(19)7-12(20,13(14,15)16)11-17-8-5-3-4-6-9(8)22-11/h3-6,20H,7H2,1-2H3/t12-/m0/s1. The number of hydrogen-bond acceptors (Lipinski definition) is 5. The first-order valence-corrected chi connectivity index (χ1v) is 6.96. The molecular weight excluding hydrogens is 321 g/mol. The molecule has 1 amide bonds. The highest BCUT2D eigenvalue weighted by Crippen LogP contribution is 2.44. The number of rotatable bonds is 4. The summed E-state index contributed by atoms with van der Waals surface area (Å²) >= 11 is 0.700. The van der Waals surface area contributed by atoms with Crippen LogP contribution in [-0.4, -0.2) is 41.4 Å². The van der Waals surface area contributed by atoms with Crippen LogP contribution in [0.15, 0.2) is 24.3 Å². The summed E-state index contributed by atoms with van der Waals surface area (Å²) in [6.07, 6.45) is -6.26. The van der Waals surface area contributed by atoms with Gasteiger partial charge in [0.15, 0.2) is 0 Å². The molecule has 0 aliphatic carbocycles. The highest BCUT2D eigenvalue weighted by Gasteiger charge is 2.58. The number of halogens is 3. The van der Waals surface area contributed by atoms with Crippen LogP contribution in [0.25, 0.3) is 10.2 Å². The molecule has 0 fully saturated rings. The second-order valence-electron chi connectivity index (χ2n) is 4.60. The molecule has 1 heterocycles. The molecule has 1 aromatic carbocycles. The number of carbonyl (C=O) groups excluding carboxylic acids is 1. The Hall–Kier alpha value is -1.71. The molecule has 0 aliphatic rings. The predicted octanol–water partition coefficient (Wildman–Crippen LogP) is 2.46. The second-order valence-corrected chi connectivity index (χ2v) is 5.63. The van der Waals surface area contributed by atoms with E-state index in [1.54, 1.807) is 18.2 Å². The van der Waals surface area contributed by atoms with Crippen molar-refractivity contribution in [2.45, 2.75) is 18.2 Å². The lowest BCUT2D eigenvalue weighted by Crippen LogP contribution is -2.46. The number of thiazole rings is 1. The number of benzene rings is 1. The van der Waals surface area contributed by atoms with E-state index in [9.17, 15) is 23.1 Å². The van der Waals surface area contributed by atoms with Crippen molar-refractivity contribution in [3.8, 4) is 0 Å². The summed E-state index contributed by atoms with van der Waals surface area (Å²) in [7, 11) is 2.31. The molecule has 9 heteroatoms. The molecule has 0 spiro atoms. The van der Waals surface area contributed by atoms with Gasteiger partial charge < -0.3 is 5.11 Å². The number of hydrogen-bond donors (Lipinski definition) is 1. The monoisotopic (exact) mass is 334 g/mol. The molecule has 0 saturated carbocycles. The Labute approximate surface area is 127 Å². The lowest BCUT2D eigenvalue weighted by Gasteiger charge is -2.29. The predicted molar refractivity (Wildman–Crippen MR) is 74.0 cm³/mol. The zero-order valence-electron chi connectivity index (χ0n) is 11.7. The topological polar surface area (TPSA) is 62.7 Å². The van der Waals surface area contributed by atoms with Gasteiger partial charge in [-0.15, -0.1) is 11.3 Å². The van der Waals surface area contributed by atoms with Crippen molar-refractivity contribution in [2.24, 2.45) is 0 Å². The third-order valence-corrected chi connectivity index (χ3v) is 4.34. The maximum absolute atomic E-state index is 13.4. The molecule has 0 unspecified atom stereocenters. The number of para-hydroxylation sites is 1. The minimum absolute atomic E-state index is 0.331. The molecule has 120 valence electrons. The minimum atomic E-state index is -5.05. The normalized spacial score (nSPS) is 14.8. The Morgan fingerprint density at radius 1 is 1.41 bits per heavy atom. The molecule has 1 aromatic heterocycles. The maximum Gasteiger partial charge on any atom is 0.424 e. The van der Waals surface area contributed by atoms with Crippen molar-refractivity contribution in [3.63, 3.8) is 0 Å². The van der Waals surface area contributed by atoms with E-state index in [1.165, 1.54) is 6.07 Å². The summed E-state index contributed by atoms with van der Waals surface area (Å²) < 4.78 is 40.5. The number of carbonyl (C=O) groups is 1. The van der Waals surface area contributed by atoms with Crippen LogP contribution in [0.3, 0.4) is 0 Å². The SMILES string of the molecule is CON(C)C(=O)C[C@](O)(c1nc2ccccc2s1)C(F)(F)F. The fourth-order valence-corrected chi connectivity index (χ4v) is 2.85. The fraction of sp³-hybridized carbons (Fsp3) is 0.385. The number of hydroxylamine groups is 2. The molecular formula is C13H13F3N2O3S. The van der Waals surface area contributed by atoms with Crippen LogP contribution >= 0.6 is 11.3 Å². The van der Waals surface area contributed by atoms with Crippen LogP contribution in [0, 0.1) is 0 Å². The van der Waals surface area contributed by atoms with Gasteiger partial charge in [-0.2, -0.15) is 13.2 Å². The number of aromatic nitrogens is 1. The summed E-state index contributed by atoms with van der Waals surface area (Å²) in [5.74, 6) is -1.01. The second kappa shape index (κ2) is 5.82. The lowest BCUT2D eigenvalue weighted by atomic mass is 9.99. The molecule has 2 aromatic rings. The largest absolute Gasteiger partial charge is 0.424 e. The first-order chi connectivity index (χ1) is 10.2. The first kappa shape index (κ1) is 16.7. The molecule has 0 bridgehead atoms. The summed E-state index contributed by atoms with van der Waals surface area (Å²) in [4.78, 5) is 20.1. The number of aliphatic hydroxyl groups is 1. The van der Waals surface area contributed by atoms with Crippen molar-refractivity contribution in [1.29, 1.82) is 0 Å². The smallest absolute Gasteiger partial charge is 0.374 e. The lowest BCUT2D eigenvalue weighted by molar-refractivity contribution is -0.270. The van der Waals surface area contributed by atoms with E-state index in [0.29, 0.717) is 26.6 Å². The minimum Gasteiger partial charge on any atom is -0.374 e.